The molecule has 3 heterocycles. The van der Waals surface area contributed by atoms with Gasteiger partial charge in [-0.15, -0.1) is 0 Å². The molecule has 30 heavy (non-hydrogen) atoms. The predicted molar refractivity (Wildman–Crippen MR) is 118 cm³/mol. The van der Waals surface area contributed by atoms with E-state index < -0.39 is 10.0 Å². The number of fused-ring (bicyclic) bond motifs is 3. The summed E-state index contributed by atoms with van der Waals surface area (Å²) in [6.45, 7) is 3.05. The van der Waals surface area contributed by atoms with Gasteiger partial charge in [0.1, 0.15) is 5.82 Å². The van der Waals surface area contributed by atoms with Crippen molar-refractivity contribution in [2.24, 2.45) is 0 Å². The van der Waals surface area contributed by atoms with Crippen LogP contribution in [0.3, 0.4) is 0 Å². The lowest BCUT2D eigenvalue weighted by atomic mass is 9.92. The van der Waals surface area contributed by atoms with Crippen molar-refractivity contribution in [2.75, 3.05) is 38.6 Å². The van der Waals surface area contributed by atoms with E-state index in [4.69, 9.17) is 0 Å². The van der Waals surface area contributed by atoms with Crippen molar-refractivity contribution < 1.29 is 12.8 Å². The molecule has 8 heteroatoms. The average molecular weight is 448 g/mol. The van der Waals surface area contributed by atoms with Crippen LogP contribution in [0.15, 0.2) is 51.1 Å². The maximum absolute atomic E-state index is 14.0. The van der Waals surface area contributed by atoms with E-state index >= 15 is 0 Å². The second kappa shape index (κ2) is 7.22. The van der Waals surface area contributed by atoms with Gasteiger partial charge in [0.25, 0.3) is 0 Å². The number of sulfonamides is 1. The molecule has 3 aliphatic heterocycles. The lowest BCUT2D eigenvalue weighted by Crippen LogP contribution is -2.47. The number of hydrogen-bond acceptors (Lipinski definition) is 5. The van der Waals surface area contributed by atoms with Crippen molar-refractivity contribution in [3.8, 4) is 0 Å². The van der Waals surface area contributed by atoms with Crippen LogP contribution in [0.2, 0.25) is 0 Å². The molecule has 0 unspecified atom stereocenters. The molecule has 2 aromatic carbocycles. The summed E-state index contributed by atoms with van der Waals surface area (Å²) in [4.78, 5) is 6.96. The van der Waals surface area contributed by atoms with E-state index in [2.05, 4.69) is 9.80 Å². The van der Waals surface area contributed by atoms with Crippen LogP contribution in [0.4, 0.5) is 15.8 Å². The van der Waals surface area contributed by atoms with Gasteiger partial charge < -0.3 is 4.90 Å². The van der Waals surface area contributed by atoms with Crippen molar-refractivity contribution in [2.45, 2.75) is 45.9 Å². The first-order chi connectivity index (χ1) is 14.3. The van der Waals surface area contributed by atoms with Crippen molar-refractivity contribution in [3.63, 3.8) is 0 Å². The summed E-state index contributed by atoms with van der Waals surface area (Å²) in [6.07, 6.45) is 4.69. The molecule has 0 N–H and O–H groups in total. The lowest BCUT2D eigenvalue weighted by molar-refractivity contribution is 0.203. The first-order valence-corrected chi connectivity index (χ1v) is 12.6. The maximum Gasteiger partial charge on any atom is 0.242 e. The second-order valence-electron chi connectivity index (χ2n) is 8.64. The molecule has 0 aromatic heterocycles. The van der Waals surface area contributed by atoms with Crippen molar-refractivity contribution in [1.82, 2.24) is 9.21 Å². The van der Waals surface area contributed by atoms with Crippen LogP contribution < -0.4 is 4.90 Å². The zero-order valence-electron chi connectivity index (χ0n) is 17.3. The average Bonchev–Trinajstić information content (AvgIpc) is 3.27. The monoisotopic (exact) mass is 447 g/mol. The summed E-state index contributed by atoms with van der Waals surface area (Å²) in [5.41, 5.74) is 1.97. The molecular formula is C22H26FN3O2S2. The highest BCUT2D eigenvalue weighted by Gasteiger charge is 2.46. The van der Waals surface area contributed by atoms with Gasteiger partial charge in [0.05, 0.1) is 16.3 Å². The zero-order chi connectivity index (χ0) is 21.1. The van der Waals surface area contributed by atoms with E-state index in [0.717, 1.165) is 53.6 Å². The summed E-state index contributed by atoms with van der Waals surface area (Å²) >= 11 is 1.51. The number of benzene rings is 2. The second-order valence-corrected chi connectivity index (χ2v) is 11.9. The van der Waals surface area contributed by atoms with Gasteiger partial charge >= 0.3 is 0 Å². The van der Waals surface area contributed by atoms with Crippen LogP contribution in [0.1, 0.15) is 25.7 Å². The minimum Gasteiger partial charge on any atom is -0.338 e. The third-order valence-electron chi connectivity index (χ3n) is 6.70. The Labute approximate surface area is 181 Å². The first kappa shape index (κ1) is 20.3. The zero-order valence-corrected chi connectivity index (χ0v) is 18.9. The van der Waals surface area contributed by atoms with E-state index in [1.165, 1.54) is 35.0 Å². The van der Waals surface area contributed by atoms with Crippen molar-refractivity contribution in [3.05, 3.63) is 42.2 Å². The summed E-state index contributed by atoms with van der Waals surface area (Å²) in [7, 11) is -0.440. The van der Waals surface area contributed by atoms with Gasteiger partial charge in [-0.1, -0.05) is 11.8 Å². The van der Waals surface area contributed by atoms with Crippen LogP contribution in [0.25, 0.3) is 0 Å². The molecule has 0 spiro atoms. The Bertz CT molecular complexity index is 1090. The van der Waals surface area contributed by atoms with Gasteiger partial charge in [-0.25, -0.2) is 17.1 Å². The molecule has 0 radical (unpaired) electrons. The predicted octanol–water partition coefficient (Wildman–Crippen LogP) is 4.31. The first-order valence-electron chi connectivity index (χ1n) is 10.4. The van der Waals surface area contributed by atoms with Gasteiger partial charge in [-0.3, -0.25) is 4.90 Å². The number of anilines is 2. The molecule has 0 atom stereocenters. The van der Waals surface area contributed by atoms with Crippen LogP contribution in [0.5, 0.6) is 0 Å². The van der Waals surface area contributed by atoms with E-state index in [1.54, 1.807) is 32.3 Å². The fourth-order valence-electron chi connectivity index (χ4n) is 5.15. The Morgan fingerprint density at radius 3 is 2.47 bits per heavy atom. The number of halogens is 1. The number of hydrogen-bond donors (Lipinski definition) is 0. The molecule has 3 aliphatic rings. The smallest absolute Gasteiger partial charge is 0.242 e. The quantitative estimate of drug-likeness (QED) is 0.699. The highest BCUT2D eigenvalue weighted by atomic mass is 32.2. The minimum atomic E-state index is -3.54. The Kier molecular flexibility index (Phi) is 4.89. The van der Waals surface area contributed by atoms with Crippen LogP contribution in [-0.4, -0.2) is 56.9 Å². The largest absolute Gasteiger partial charge is 0.338 e. The minimum absolute atomic E-state index is 0.112. The molecule has 2 fully saturated rings. The third-order valence-corrected chi connectivity index (χ3v) is 9.62. The van der Waals surface area contributed by atoms with Gasteiger partial charge in [0.2, 0.25) is 10.0 Å². The summed E-state index contributed by atoms with van der Waals surface area (Å²) < 4.78 is 40.8. The SMILES string of the molecule is CN(C)S(=O)(=O)c1ccc2c(c1)N(CC13CCCN1CCC3)c1ccc(F)cc1S2. The van der Waals surface area contributed by atoms with Gasteiger partial charge in [-0.2, -0.15) is 0 Å². The molecule has 160 valence electrons. The molecule has 5 nitrogen and oxygen atoms in total. The van der Waals surface area contributed by atoms with Crippen molar-refractivity contribution >= 4 is 33.2 Å². The molecule has 0 aliphatic carbocycles. The Hall–Kier alpha value is -1.61. The highest BCUT2D eigenvalue weighted by Crippen LogP contribution is 2.51. The van der Waals surface area contributed by atoms with Gasteiger partial charge in [0, 0.05) is 36.0 Å². The third kappa shape index (κ3) is 3.16. The lowest BCUT2D eigenvalue weighted by Gasteiger charge is -2.41. The van der Waals surface area contributed by atoms with E-state index in [9.17, 15) is 12.8 Å². The fourth-order valence-corrected chi connectivity index (χ4v) is 7.18. The normalized spacial score (nSPS) is 20.3. The molecule has 5 rings (SSSR count). The van der Waals surface area contributed by atoms with Gasteiger partial charge in [0.15, 0.2) is 0 Å². The van der Waals surface area contributed by atoms with Crippen LogP contribution in [0, 0.1) is 5.82 Å². The van der Waals surface area contributed by atoms with Crippen LogP contribution in [-0.2, 0) is 10.0 Å². The fraction of sp³-hybridized carbons (Fsp3) is 0.455. The molecule has 0 saturated carbocycles. The number of nitrogens with zero attached hydrogens (tertiary/aromatic N) is 3. The Morgan fingerprint density at radius 1 is 1.03 bits per heavy atom. The molecule has 0 bridgehead atoms. The van der Waals surface area contributed by atoms with E-state index in [-0.39, 0.29) is 16.3 Å². The maximum atomic E-state index is 14.0. The molecule has 2 aromatic rings. The molecule has 0 amide bonds. The summed E-state index contributed by atoms with van der Waals surface area (Å²) in [5, 5.41) is 0. The van der Waals surface area contributed by atoms with E-state index in [0.29, 0.717) is 0 Å². The topological polar surface area (TPSA) is 43.9 Å². The summed E-state index contributed by atoms with van der Waals surface area (Å²) in [5.74, 6) is -0.252. The molecular weight excluding hydrogens is 421 g/mol. The molecule has 2 saturated heterocycles. The van der Waals surface area contributed by atoms with Crippen LogP contribution >= 0.6 is 11.8 Å². The van der Waals surface area contributed by atoms with E-state index in [1.807, 2.05) is 12.1 Å². The van der Waals surface area contributed by atoms with Gasteiger partial charge in [-0.05, 0) is 75.2 Å². The highest BCUT2D eigenvalue weighted by molar-refractivity contribution is 7.99. The van der Waals surface area contributed by atoms with Crippen molar-refractivity contribution in [1.29, 1.82) is 0 Å². The summed E-state index contributed by atoms with van der Waals surface area (Å²) in [6, 6.07) is 10.2. The Balaban J connectivity index is 1.63. The number of rotatable bonds is 4. The Morgan fingerprint density at radius 2 is 1.77 bits per heavy atom. The standard InChI is InChI=1S/C22H26FN3O2S2/c1-24(2)30(27,28)17-6-8-20-19(14-17)26(18-7-5-16(23)13-21(18)29-20)15-22-9-3-11-25(22)12-4-10-22/h5-8,13-14H,3-4,9-12,15H2,1-2H3.